The summed E-state index contributed by atoms with van der Waals surface area (Å²) in [5, 5.41) is 0.130. The van der Waals surface area contributed by atoms with E-state index in [1.54, 1.807) is 13.3 Å². The minimum absolute atomic E-state index is 0.130. The molecule has 0 rings (SSSR count). The molecular weight excluding hydrogens is 243 g/mol. The highest BCUT2D eigenvalue weighted by Gasteiger charge is 2.07. The molecule has 0 aromatic carbocycles. The van der Waals surface area contributed by atoms with Crippen molar-refractivity contribution in [1.82, 2.24) is 4.31 Å². The summed E-state index contributed by atoms with van der Waals surface area (Å²) in [7, 11) is 9.40. The second kappa shape index (κ2) is 10.0. The minimum Gasteiger partial charge on any atom is -0.312 e. The van der Waals surface area contributed by atoms with Crippen LogP contribution in [0.25, 0.3) is 0 Å². The molecule has 5 heteroatoms. The van der Waals surface area contributed by atoms with E-state index < -0.39 is 0 Å². The second-order valence-electron chi connectivity index (χ2n) is 3.72. The van der Waals surface area contributed by atoms with E-state index in [1.165, 1.54) is 11.9 Å². The number of hydrogen-bond donors (Lipinski definition) is 0. The summed E-state index contributed by atoms with van der Waals surface area (Å²) in [5.41, 5.74) is 1.72. The van der Waals surface area contributed by atoms with Crippen molar-refractivity contribution in [3.05, 3.63) is 23.3 Å². The fourth-order valence-corrected chi connectivity index (χ4v) is 1.89. The van der Waals surface area contributed by atoms with Gasteiger partial charge in [0.25, 0.3) is 0 Å². The van der Waals surface area contributed by atoms with Gasteiger partial charge >= 0.3 is 0 Å². The van der Waals surface area contributed by atoms with E-state index in [2.05, 4.69) is 4.99 Å². The first-order valence-corrected chi connectivity index (χ1v) is 6.83. The van der Waals surface area contributed by atoms with Gasteiger partial charge in [0.05, 0.1) is 5.70 Å². The average Bonchev–Trinajstić information content (AvgIpc) is 2.34. The Morgan fingerprint density at radius 3 is 2.56 bits per heavy atom. The van der Waals surface area contributed by atoms with Gasteiger partial charge in [-0.25, -0.2) is 0 Å². The number of carbonyl (C=O) groups is 1. The topological polar surface area (TPSA) is 32.7 Å². The van der Waals surface area contributed by atoms with Crippen LogP contribution < -0.4 is 0 Å². The molecule has 0 aromatic heterocycles. The standard InChI is InChI=1S/C13H21BN2OS/c1-5-7-11(14)8-9-12(10-15-3)16(4)18-13(17)6-2/h7,9-10H,5-6,8H2,1-4H3/b11-7-,12-9+,15-10?. The molecule has 0 fully saturated rings. The first-order chi connectivity index (χ1) is 8.54. The number of rotatable bonds is 7. The largest absolute Gasteiger partial charge is 0.312 e. The SMILES string of the molecule is [B]/C(=C\CC)C/C=C(\C=NC)N(C)SC(=O)CC. The van der Waals surface area contributed by atoms with E-state index >= 15 is 0 Å². The van der Waals surface area contributed by atoms with Crippen molar-refractivity contribution < 1.29 is 4.79 Å². The monoisotopic (exact) mass is 264 g/mol. The Labute approximate surface area is 116 Å². The van der Waals surface area contributed by atoms with Gasteiger partial charge < -0.3 is 4.31 Å². The van der Waals surface area contributed by atoms with Crippen molar-refractivity contribution in [2.24, 2.45) is 4.99 Å². The molecular formula is C13H21BN2OS. The minimum atomic E-state index is 0.130. The predicted molar refractivity (Wildman–Crippen MR) is 81.9 cm³/mol. The number of allylic oxidation sites excluding steroid dienone is 4. The van der Waals surface area contributed by atoms with E-state index in [0.29, 0.717) is 12.8 Å². The average molecular weight is 264 g/mol. The molecule has 0 unspecified atom stereocenters. The number of aliphatic imine (C=N–C) groups is 1. The van der Waals surface area contributed by atoms with Crippen LogP contribution in [0, 0.1) is 0 Å². The molecule has 98 valence electrons. The van der Waals surface area contributed by atoms with E-state index in [1.807, 2.05) is 37.4 Å². The molecule has 0 aliphatic rings. The summed E-state index contributed by atoms with van der Waals surface area (Å²) in [6.45, 7) is 3.90. The molecule has 0 heterocycles. The van der Waals surface area contributed by atoms with Crippen LogP contribution in [0.15, 0.2) is 28.3 Å². The van der Waals surface area contributed by atoms with Gasteiger partial charge in [0.1, 0.15) is 7.85 Å². The van der Waals surface area contributed by atoms with Crippen LogP contribution in [0.4, 0.5) is 0 Å². The van der Waals surface area contributed by atoms with Gasteiger partial charge in [-0.2, -0.15) is 0 Å². The molecule has 0 saturated heterocycles. The molecule has 0 N–H and O–H groups in total. The summed E-state index contributed by atoms with van der Waals surface area (Å²) < 4.78 is 1.82. The Bertz CT molecular complexity index is 351. The molecule has 0 bridgehead atoms. The van der Waals surface area contributed by atoms with Crippen molar-refractivity contribution in [2.45, 2.75) is 33.1 Å². The van der Waals surface area contributed by atoms with E-state index in [9.17, 15) is 4.79 Å². The van der Waals surface area contributed by atoms with E-state index in [-0.39, 0.29) is 5.12 Å². The van der Waals surface area contributed by atoms with Gasteiger partial charge in [-0.05, 0) is 12.8 Å². The van der Waals surface area contributed by atoms with E-state index in [0.717, 1.165) is 17.6 Å². The van der Waals surface area contributed by atoms with Gasteiger partial charge in [0.2, 0.25) is 5.12 Å². The maximum Gasteiger partial charge on any atom is 0.209 e. The predicted octanol–water partition coefficient (Wildman–Crippen LogP) is 2.94. The fourth-order valence-electron chi connectivity index (χ4n) is 1.23. The molecule has 0 aliphatic heterocycles. The molecule has 2 radical (unpaired) electrons. The zero-order valence-electron chi connectivity index (χ0n) is 11.6. The summed E-state index contributed by atoms with van der Waals surface area (Å²) >= 11 is 1.19. The first kappa shape index (κ1) is 17.0. The smallest absolute Gasteiger partial charge is 0.209 e. The molecule has 0 spiro atoms. The first-order valence-electron chi connectivity index (χ1n) is 6.06. The number of carbonyl (C=O) groups excluding carboxylic acids is 1. The number of hydrogen-bond acceptors (Lipinski definition) is 4. The van der Waals surface area contributed by atoms with Gasteiger partial charge in [0.15, 0.2) is 0 Å². The van der Waals surface area contributed by atoms with Crippen molar-refractivity contribution in [2.75, 3.05) is 14.1 Å². The summed E-state index contributed by atoms with van der Waals surface area (Å²) in [5.74, 6) is 0. The molecule has 0 aliphatic carbocycles. The molecule has 18 heavy (non-hydrogen) atoms. The normalized spacial score (nSPS) is 13.1. The van der Waals surface area contributed by atoms with Crippen molar-refractivity contribution in [1.29, 1.82) is 0 Å². The lowest BCUT2D eigenvalue weighted by atomic mass is 9.91. The summed E-state index contributed by atoms with van der Waals surface area (Å²) in [6, 6.07) is 0. The lowest BCUT2D eigenvalue weighted by Crippen LogP contribution is -2.13. The second-order valence-corrected chi connectivity index (χ2v) is 4.91. The maximum atomic E-state index is 11.4. The Hall–Kier alpha value is -0.965. The van der Waals surface area contributed by atoms with Gasteiger partial charge in [-0.3, -0.25) is 9.79 Å². The Morgan fingerprint density at radius 2 is 2.06 bits per heavy atom. The Balaban J connectivity index is 4.68. The Morgan fingerprint density at radius 1 is 1.39 bits per heavy atom. The third-order valence-corrected chi connectivity index (χ3v) is 3.14. The molecule has 0 atom stereocenters. The Kier molecular flexibility index (Phi) is 9.47. The lowest BCUT2D eigenvalue weighted by Gasteiger charge is -2.17. The lowest BCUT2D eigenvalue weighted by molar-refractivity contribution is -0.110. The van der Waals surface area contributed by atoms with Crippen LogP contribution in [-0.4, -0.2) is 37.6 Å². The van der Waals surface area contributed by atoms with Gasteiger partial charge in [-0.15, -0.1) is 5.47 Å². The molecule has 0 aromatic rings. The molecule has 0 saturated carbocycles. The zero-order chi connectivity index (χ0) is 14.0. The third kappa shape index (κ3) is 7.38. The van der Waals surface area contributed by atoms with Crippen LogP contribution in [0.2, 0.25) is 0 Å². The van der Waals surface area contributed by atoms with E-state index in [4.69, 9.17) is 7.85 Å². The molecule has 3 nitrogen and oxygen atoms in total. The quantitative estimate of drug-likeness (QED) is 0.402. The number of nitrogens with zero attached hydrogens (tertiary/aromatic N) is 2. The van der Waals surface area contributed by atoms with Crippen molar-refractivity contribution in [3.63, 3.8) is 0 Å². The summed E-state index contributed by atoms with van der Waals surface area (Å²) in [4.78, 5) is 15.4. The van der Waals surface area contributed by atoms with Gasteiger partial charge in [0, 0.05) is 38.7 Å². The third-order valence-electron chi connectivity index (χ3n) is 2.17. The highest BCUT2D eigenvalue weighted by Crippen LogP contribution is 2.17. The van der Waals surface area contributed by atoms with Crippen molar-refractivity contribution in [3.8, 4) is 0 Å². The maximum absolute atomic E-state index is 11.4. The van der Waals surface area contributed by atoms with Gasteiger partial charge in [-0.1, -0.05) is 26.0 Å². The summed E-state index contributed by atoms with van der Waals surface area (Å²) in [6.07, 6.45) is 7.81. The van der Waals surface area contributed by atoms with Crippen LogP contribution in [0.3, 0.4) is 0 Å². The van der Waals surface area contributed by atoms with Crippen LogP contribution in [0.5, 0.6) is 0 Å². The fraction of sp³-hybridized carbons (Fsp3) is 0.538. The zero-order valence-corrected chi connectivity index (χ0v) is 12.5. The highest BCUT2D eigenvalue weighted by molar-refractivity contribution is 8.11. The van der Waals surface area contributed by atoms with Crippen LogP contribution in [0.1, 0.15) is 33.1 Å². The van der Waals surface area contributed by atoms with Crippen LogP contribution in [-0.2, 0) is 4.79 Å². The van der Waals surface area contributed by atoms with Crippen molar-refractivity contribution >= 4 is 31.1 Å². The highest BCUT2D eigenvalue weighted by atomic mass is 32.2. The molecule has 0 amide bonds. The van der Waals surface area contributed by atoms with Crippen LogP contribution >= 0.6 is 11.9 Å².